The number of imidazole rings is 1. The number of piperidine rings is 1. The van der Waals surface area contributed by atoms with Gasteiger partial charge in [0, 0.05) is 25.6 Å². The highest BCUT2D eigenvalue weighted by Crippen LogP contribution is 2.37. The van der Waals surface area contributed by atoms with E-state index in [1.165, 1.54) is 0 Å². The predicted octanol–water partition coefficient (Wildman–Crippen LogP) is 7.96. The molecular weight excluding hydrogens is 544 g/mol. The zero-order valence-electron chi connectivity index (χ0n) is 22.3. The quantitative estimate of drug-likeness (QED) is 0.211. The lowest BCUT2D eigenvalue weighted by Gasteiger charge is -2.38. The maximum atomic E-state index is 13.6. The van der Waals surface area contributed by atoms with Gasteiger partial charge >= 0.3 is 12.4 Å². The molecular formula is C31H29F6N3O. The summed E-state index contributed by atoms with van der Waals surface area (Å²) in [6.07, 6.45) is -8.76. The molecule has 5 rings (SSSR count). The average molecular weight is 574 g/mol. The van der Waals surface area contributed by atoms with Crippen LogP contribution in [0.5, 0.6) is 0 Å². The molecule has 0 spiro atoms. The number of rotatable bonds is 7. The van der Waals surface area contributed by atoms with E-state index in [0.717, 1.165) is 35.3 Å². The lowest BCUT2D eigenvalue weighted by Crippen LogP contribution is -2.41. The molecule has 0 aliphatic carbocycles. The van der Waals surface area contributed by atoms with Crippen molar-refractivity contribution < 1.29 is 31.1 Å². The van der Waals surface area contributed by atoms with E-state index in [9.17, 15) is 31.1 Å². The van der Waals surface area contributed by atoms with Crippen molar-refractivity contribution in [2.24, 2.45) is 0 Å². The number of fused-ring (bicyclic) bond motifs is 1. The zero-order chi connectivity index (χ0) is 29.4. The molecule has 1 atom stereocenters. The number of aryl methyl sites for hydroxylation is 2. The predicted molar refractivity (Wildman–Crippen MR) is 143 cm³/mol. The minimum Gasteiger partial charge on any atom is -0.325 e. The molecule has 1 aliphatic rings. The number of halogens is 6. The van der Waals surface area contributed by atoms with Crippen LogP contribution in [-0.2, 0) is 23.6 Å². The number of carbonyl (C=O) groups excluding carboxylic acids is 1. The topological polar surface area (TPSA) is 38.1 Å². The Kier molecular flexibility index (Phi) is 7.96. The fraction of sp³-hybridized carbons (Fsp3) is 0.355. The van der Waals surface area contributed by atoms with Gasteiger partial charge in [0.2, 0.25) is 0 Å². The SMILES string of the molecule is Cc1nc2ccccc2n1C1CCN(C(C(=O)CCc2cc(C(F)(F)F)cc(C(F)(F)F)c2)c2ccccc2)CC1. The maximum absolute atomic E-state index is 13.6. The highest BCUT2D eigenvalue weighted by molar-refractivity contribution is 5.85. The van der Waals surface area contributed by atoms with Crippen LogP contribution in [0.1, 0.15) is 59.4 Å². The molecule has 1 aromatic heterocycles. The number of nitrogens with zero attached hydrogens (tertiary/aromatic N) is 3. The Balaban J connectivity index is 1.35. The van der Waals surface area contributed by atoms with E-state index in [1.807, 2.05) is 61.5 Å². The first-order chi connectivity index (χ1) is 19.4. The van der Waals surface area contributed by atoms with Crippen molar-refractivity contribution in [3.63, 3.8) is 0 Å². The van der Waals surface area contributed by atoms with Crippen LogP contribution in [0, 0.1) is 6.92 Å². The number of hydrogen-bond donors (Lipinski definition) is 0. The first-order valence-electron chi connectivity index (χ1n) is 13.5. The number of alkyl halides is 6. The summed E-state index contributed by atoms with van der Waals surface area (Å²) in [5.74, 6) is 0.671. The molecule has 3 aromatic carbocycles. The molecule has 216 valence electrons. The number of aromatic nitrogens is 2. The molecule has 10 heteroatoms. The Hall–Kier alpha value is -3.66. The third-order valence-corrected chi connectivity index (χ3v) is 7.73. The van der Waals surface area contributed by atoms with Gasteiger partial charge in [-0.2, -0.15) is 26.3 Å². The van der Waals surface area contributed by atoms with Gasteiger partial charge in [-0.15, -0.1) is 0 Å². The van der Waals surface area contributed by atoms with Gasteiger partial charge in [-0.25, -0.2) is 4.98 Å². The van der Waals surface area contributed by atoms with Crippen molar-refractivity contribution in [2.75, 3.05) is 13.1 Å². The number of benzene rings is 3. The van der Waals surface area contributed by atoms with Crippen LogP contribution in [0.25, 0.3) is 11.0 Å². The molecule has 2 heterocycles. The van der Waals surface area contributed by atoms with Gasteiger partial charge in [0.05, 0.1) is 28.2 Å². The van der Waals surface area contributed by atoms with Crippen LogP contribution in [0.4, 0.5) is 26.3 Å². The highest BCUT2D eigenvalue weighted by atomic mass is 19.4. The standard InChI is InChI=1S/C31H29F6N3O/c1-20-38-26-9-5-6-10-27(26)40(20)25-13-15-39(16-14-25)29(22-7-3-2-4-8-22)28(41)12-11-21-17-23(30(32,33)34)19-24(18-21)31(35,36)37/h2-10,17-19,25,29H,11-16H2,1H3. The van der Waals surface area contributed by atoms with Crippen LogP contribution < -0.4 is 0 Å². The van der Waals surface area contributed by atoms with E-state index in [4.69, 9.17) is 0 Å². The molecule has 1 unspecified atom stereocenters. The second kappa shape index (κ2) is 11.3. The smallest absolute Gasteiger partial charge is 0.325 e. The number of para-hydroxylation sites is 2. The van der Waals surface area contributed by atoms with Crippen LogP contribution in [0.2, 0.25) is 0 Å². The molecule has 0 radical (unpaired) electrons. The summed E-state index contributed by atoms with van der Waals surface area (Å²) in [6.45, 7) is 3.17. The van der Waals surface area contributed by atoms with Gasteiger partial charge < -0.3 is 4.57 Å². The van der Waals surface area contributed by atoms with Crippen molar-refractivity contribution in [3.8, 4) is 0 Å². The molecule has 4 nitrogen and oxygen atoms in total. The third-order valence-electron chi connectivity index (χ3n) is 7.73. The Morgan fingerprint density at radius 1 is 0.878 bits per heavy atom. The molecule has 0 saturated carbocycles. The summed E-state index contributed by atoms with van der Waals surface area (Å²) in [7, 11) is 0. The summed E-state index contributed by atoms with van der Waals surface area (Å²) in [5, 5.41) is 0. The minimum absolute atomic E-state index is 0.105. The number of likely N-dealkylation sites (tertiary alicyclic amines) is 1. The maximum Gasteiger partial charge on any atom is 0.416 e. The normalized spacial score (nSPS) is 16.3. The largest absolute Gasteiger partial charge is 0.416 e. The molecule has 1 aliphatic heterocycles. The number of Topliss-reactive ketones (excluding diaryl/α,β-unsaturated/α-hetero) is 1. The summed E-state index contributed by atoms with van der Waals surface area (Å²) in [4.78, 5) is 20.4. The minimum atomic E-state index is -4.93. The number of hydrogen-bond acceptors (Lipinski definition) is 3. The van der Waals surface area contributed by atoms with E-state index >= 15 is 0 Å². The van der Waals surface area contributed by atoms with Gasteiger partial charge in [0.25, 0.3) is 0 Å². The Morgan fingerprint density at radius 3 is 2.07 bits per heavy atom. The molecule has 41 heavy (non-hydrogen) atoms. The second-order valence-electron chi connectivity index (χ2n) is 10.5. The van der Waals surface area contributed by atoms with Crippen LogP contribution in [0.15, 0.2) is 72.8 Å². The van der Waals surface area contributed by atoms with Gasteiger partial charge in [-0.1, -0.05) is 42.5 Å². The summed E-state index contributed by atoms with van der Waals surface area (Å²) < 4.78 is 82.2. The van der Waals surface area contributed by atoms with Gasteiger partial charge in [-0.05, 0) is 67.6 Å². The van der Waals surface area contributed by atoms with Crippen LogP contribution in [0.3, 0.4) is 0 Å². The second-order valence-corrected chi connectivity index (χ2v) is 10.5. The fourth-order valence-corrected chi connectivity index (χ4v) is 5.83. The van der Waals surface area contributed by atoms with E-state index in [2.05, 4.69) is 14.5 Å². The van der Waals surface area contributed by atoms with E-state index in [0.29, 0.717) is 25.2 Å². The Morgan fingerprint density at radius 2 is 1.46 bits per heavy atom. The number of ketones is 1. The molecule has 0 N–H and O–H groups in total. The van der Waals surface area contributed by atoms with E-state index in [1.54, 1.807) is 0 Å². The van der Waals surface area contributed by atoms with Crippen molar-refractivity contribution in [1.82, 2.24) is 14.5 Å². The van der Waals surface area contributed by atoms with Gasteiger partial charge in [0.1, 0.15) is 5.82 Å². The van der Waals surface area contributed by atoms with Crippen molar-refractivity contribution >= 4 is 16.8 Å². The molecule has 4 aromatic rings. The summed E-state index contributed by atoms with van der Waals surface area (Å²) in [5.41, 5.74) is -0.197. The zero-order valence-corrected chi connectivity index (χ0v) is 22.3. The third kappa shape index (κ3) is 6.32. The van der Waals surface area contributed by atoms with Crippen molar-refractivity contribution in [1.29, 1.82) is 0 Å². The van der Waals surface area contributed by atoms with Gasteiger partial charge in [0.15, 0.2) is 5.78 Å². The summed E-state index contributed by atoms with van der Waals surface area (Å²) >= 11 is 0. The van der Waals surface area contributed by atoms with E-state index in [-0.39, 0.29) is 36.3 Å². The molecule has 0 amide bonds. The van der Waals surface area contributed by atoms with Crippen LogP contribution in [-0.4, -0.2) is 33.3 Å². The van der Waals surface area contributed by atoms with Gasteiger partial charge in [-0.3, -0.25) is 9.69 Å². The Bertz CT molecular complexity index is 1490. The number of carbonyl (C=O) groups is 1. The fourth-order valence-electron chi connectivity index (χ4n) is 5.83. The van der Waals surface area contributed by atoms with E-state index < -0.39 is 29.5 Å². The molecule has 1 saturated heterocycles. The lowest BCUT2D eigenvalue weighted by atomic mass is 9.92. The van der Waals surface area contributed by atoms with Crippen molar-refractivity contribution in [3.05, 3.63) is 101 Å². The average Bonchev–Trinajstić information content (AvgIpc) is 3.27. The van der Waals surface area contributed by atoms with Crippen LogP contribution >= 0.6 is 0 Å². The lowest BCUT2D eigenvalue weighted by molar-refractivity contribution is -0.143. The molecule has 0 bridgehead atoms. The Labute approximate surface area is 233 Å². The first kappa shape index (κ1) is 28.9. The first-order valence-corrected chi connectivity index (χ1v) is 13.5. The summed E-state index contributed by atoms with van der Waals surface area (Å²) in [6, 6.07) is 18.1. The highest BCUT2D eigenvalue weighted by Gasteiger charge is 2.37. The van der Waals surface area contributed by atoms with Crippen molar-refractivity contribution in [2.45, 2.75) is 57.0 Å². The monoisotopic (exact) mass is 573 g/mol. The molecule has 1 fully saturated rings.